The Morgan fingerprint density at radius 1 is 0.960 bits per heavy atom. The predicted molar refractivity (Wildman–Crippen MR) is 100 cm³/mol. The van der Waals surface area contributed by atoms with Gasteiger partial charge in [0, 0.05) is 11.3 Å². The van der Waals surface area contributed by atoms with Crippen LogP contribution in [-0.2, 0) is 0 Å². The second-order valence-corrected chi connectivity index (χ2v) is 6.32. The summed E-state index contributed by atoms with van der Waals surface area (Å²) in [5, 5.41) is 3.98. The predicted octanol–water partition coefficient (Wildman–Crippen LogP) is 6.17. The molecule has 4 nitrogen and oxygen atoms in total. The molecule has 0 aliphatic heterocycles. The van der Waals surface area contributed by atoms with Crippen molar-refractivity contribution in [3.63, 3.8) is 0 Å². The Hall–Kier alpha value is -2.14. The van der Waals surface area contributed by atoms with Gasteiger partial charge in [-0.05, 0) is 48.5 Å². The van der Waals surface area contributed by atoms with Gasteiger partial charge in [-0.1, -0.05) is 34.8 Å². The van der Waals surface area contributed by atoms with Gasteiger partial charge < -0.3 is 14.5 Å². The zero-order valence-corrected chi connectivity index (χ0v) is 15.2. The molecule has 0 unspecified atom stereocenters. The van der Waals surface area contributed by atoms with Crippen LogP contribution in [0.3, 0.4) is 0 Å². The Balaban J connectivity index is 1.78. The van der Waals surface area contributed by atoms with Crippen molar-refractivity contribution in [2.75, 3.05) is 12.4 Å². The van der Waals surface area contributed by atoms with Crippen LogP contribution in [0.15, 0.2) is 52.9 Å². The molecular formula is C18H12Cl3NO3. The molecule has 0 spiro atoms. The van der Waals surface area contributed by atoms with E-state index < -0.39 is 5.91 Å². The third-order valence-corrected chi connectivity index (χ3v) is 4.48. The molecule has 3 rings (SSSR count). The highest BCUT2D eigenvalue weighted by Crippen LogP contribution is 2.30. The van der Waals surface area contributed by atoms with Crippen molar-refractivity contribution in [1.82, 2.24) is 0 Å². The number of ether oxygens (including phenoxy) is 1. The second kappa shape index (κ2) is 7.40. The summed E-state index contributed by atoms with van der Waals surface area (Å²) in [5.74, 6) is 0.802. The van der Waals surface area contributed by atoms with Gasteiger partial charge in [-0.2, -0.15) is 0 Å². The maximum absolute atomic E-state index is 12.3. The van der Waals surface area contributed by atoms with Crippen molar-refractivity contribution < 1.29 is 13.9 Å². The number of amides is 1. The highest BCUT2D eigenvalue weighted by molar-refractivity contribution is 6.42. The molecule has 0 atom stereocenters. The van der Waals surface area contributed by atoms with Crippen molar-refractivity contribution in [1.29, 1.82) is 0 Å². The van der Waals surface area contributed by atoms with Gasteiger partial charge in [-0.25, -0.2) is 0 Å². The Morgan fingerprint density at radius 2 is 1.76 bits per heavy atom. The van der Waals surface area contributed by atoms with E-state index in [4.69, 9.17) is 44.0 Å². The molecule has 2 aromatic carbocycles. The molecule has 1 amide bonds. The molecule has 0 bridgehead atoms. The van der Waals surface area contributed by atoms with Crippen molar-refractivity contribution in [2.45, 2.75) is 0 Å². The fourth-order valence-corrected chi connectivity index (χ4v) is 2.76. The summed E-state index contributed by atoms with van der Waals surface area (Å²) < 4.78 is 10.7. The fourth-order valence-electron chi connectivity index (χ4n) is 2.20. The molecule has 0 saturated carbocycles. The Morgan fingerprint density at radius 3 is 2.44 bits per heavy atom. The molecule has 0 fully saturated rings. The summed E-state index contributed by atoms with van der Waals surface area (Å²) in [4.78, 5) is 12.3. The van der Waals surface area contributed by atoms with E-state index in [1.807, 2.05) is 0 Å². The molecule has 1 heterocycles. The molecule has 25 heavy (non-hydrogen) atoms. The number of carbonyl (C=O) groups excluding carboxylic acids is 1. The van der Waals surface area contributed by atoms with Crippen molar-refractivity contribution >= 4 is 46.4 Å². The van der Waals surface area contributed by atoms with E-state index >= 15 is 0 Å². The molecule has 7 heteroatoms. The van der Waals surface area contributed by atoms with Gasteiger partial charge in [0.15, 0.2) is 5.76 Å². The maximum Gasteiger partial charge on any atom is 0.291 e. The number of anilines is 1. The third-order valence-electron chi connectivity index (χ3n) is 3.44. The van der Waals surface area contributed by atoms with Crippen LogP contribution in [0.5, 0.6) is 5.75 Å². The summed E-state index contributed by atoms with van der Waals surface area (Å²) in [5.41, 5.74) is 1.25. The average Bonchev–Trinajstić information content (AvgIpc) is 3.08. The molecule has 1 aromatic heterocycles. The van der Waals surface area contributed by atoms with E-state index in [0.29, 0.717) is 32.3 Å². The normalized spacial score (nSPS) is 10.6. The minimum absolute atomic E-state index is 0.160. The van der Waals surface area contributed by atoms with Crippen molar-refractivity contribution in [3.05, 3.63) is 69.4 Å². The highest BCUT2D eigenvalue weighted by Gasteiger charge is 2.14. The van der Waals surface area contributed by atoms with Crippen LogP contribution in [0.4, 0.5) is 5.69 Å². The number of rotatable bonds is 4. The summed E-state index contributed by atoms with van der Waals surface area (Å²) in [6.45, 7) is 0. The van der Waals surface area contributed by atoms with Gasteiger partial charge in [-0.15, -0.1) is 0 Å². The van der Waals surface area contributed by atoms with E-state index in [2.05, 4.69) is 5.32 Å². The zero-order chi connectivity index (χ0) is 18.0. The van der Waals surface area contributed by atoms with Crippen LogP contribution in [0.1, 0.15) is 10.6 Å². The Kier molecular flexibility index (Phi) is 5.23. The van der Waals surface area contributed by atoms with E-state index in [9.17, 15) is 4.79 Å². The van der Waals surface area contributed by atoms with E-state index in [0.717, 1.165) is 5.56 Å². The van der Waals surface area contributed by atoms with Crippen LogP contribution in [0.2, 0.25) is 15.1 Å². The van der Waals surface area contributed by atoms with Gasteiger partial charge >= 0.3 is 0 Å². The first-order valence-electron chi connectivity index (χ1n) is 7.18. The van der Waals surface area contributed by atoms with Crippen molar-refractivity contribution in [2.24, 2.45) is 0 Å². The van der Waals surface area contributed by atoms with Gasteiger partial charge in [0.1, 0.15) is 11.5 Å². The molecule has 0 aliphatic rings. The molecule has 128 valence electrons. The van der Waals surface area contributed by atoms with E-state index in [1.54, 1.807) is 48.5 Å². The number of benzene rings is 2. The van der Waals surface area contributed by atoms with Gasteiger partial charge in [-0.3, -0.25) is 4.79 Å². The third kappa shape index (κ3) is 3.93. The standard InChI is InChI=1S/C18H12Cl3NO3/c1-24-16-5-3-11(9-14(16)21)22-18(23)17-7-6-15(25-17)10-2-4-12(19)13(20)8-10/h2-9H,1H3,(H,22,23). The smallest absolute Gasteiger partial charge is 0.291 e. The SMILES string of the molecule is COc1ccc(NC(=O)c2ccc(-c3ccc(Cl)c(Cl)c3)o2)cc1Cl. The number of hydrogen-bond donors (Lipinski definition) is 1. The number of carbonyl (C=O) groups is 1. The summed E-state index contributed by atoms with van der Waals surface area (Å²) in [7, 11) is 1.52. The highest BCUT2D eigenvalue weighted by atomic mass is 35.5. The molecule has 3 aromatic rings. The van der Waals surface area contributed by atoms with Crippen LogP contribution in [-0.4, -0.2) is 13.0 Å². The van der Waals surface area contributed by atoms with Crippen LogP contribution < -0.4 is 10.1 Å². The molecule has 0 saturated heterocycles. The number of halogens is 3. The summed E-state index contributed by atoms with van der Waals surface area (Å²) in [6, 6.07) is 13.3. The van der Waals surface area contributed by atoms with Crippen molar-refractivity contribution in [3.8, 4) is 17.1 Å². The first-order chi connectivity index (χ1) is 12.0. The Bertz CT molecular complexity index is 937. The van der Waals surface area contributed by atoms with Crippen LogP contribution in [0, 0.1) is 0 Å². The Labute approximate surface area is 159 Å². The summed E-state index contributed by atoms with van der Waals surface area (Å²) in [6.07, 6.45) is 0. The minimum atomic E-state index is -0.396. The van der Waals surface area contributed by atoms with E-state index in [-0.39, 0.29) is 5.76 Å². The quantitative estimate of drug-likeness (QED) is 0.574. The number of methoxy groups -OCH3 is 1. The molecule has 1 N–H and O–H groups in total. The molecule has 0 radical (unpaired) electrons. The maximum atomic E-state index is 12.3. The minimum Gasteiger partial charge on any atom is -0.495 e. The topological polar surface area (TPSA) is 51.5 Å². The monoisotopic (exact) mass is 395 g/mol. The first kappa shape index (κ1) is 17.7. The molecule has 0 aliphatic carbocycles. The molecular weight excluding hydrogens is 385 g/mol. The van der Waals surface area contributed by atoms with Crippen LogP contribution in [0.25, 0.3) is 11.3 Å². The van der Waals surface area contributed by atoms with Gasteiger partial charge in [0.05, 0.1) is 22.2 Å². The average molecular weight is 397 g/mol. The lowest BCUT2D eigenvalue weighted by Gasteiger charge is -2.07. The largest absolute Gasteiger partial charge is 0.495 e. The number of nitrogens with one attached hydrogen (secondary N) is 1. The van der Waals surface area contributed by atoms with Gasteiger partial charge in [0.2, 0.25) is 0 Å². The van der Waals surface area contributed by atoms with Crippen LogP contribution >= 0.6 is 34.8 Å². The number of furan rings is 1. The fraction of sp³-hybridized carbons (Fsp3) is 0.0556. The lowest BCUT2D eigenvalue weighted by atomic mass is 10.2. The lowest BCUT2D eigenvalue weighted by molar-refractivity contribution is 0.0997. The van der Waals surface area contributed by atoms with Gasteiger partial charge in [0.25, 0.3) is 5.91 Å². The first-order valence-corrected chi connectivity index (χ1v) is 8.31. The zero-order valence-electron chi connectivity index (χ0n) is 13.0. The lowest BCUT2D eigenvalue weighted by Crippen LogP contribution is -2.10. The number of hydrogen-bond acceptors (Lipinski definition) is 3. The second-order valence-electron chi connectivity index (χ2n) is 5.10. The summed E-state index contributed by atoms with van der Waals surface area (Å²) >= 11 is 18.0. The van der Waals surface area contributed by atoms with E-state index in [1.165, 1.54) is 7.11 Å².